The van der Waals surface area contributed by atoms with E-state index in [0.717, 1.165) is 17.7 Å². The van der Waals surface area contributed by atoms with Gasteiger partial charge in [0, 0.05) is 24.3 Å². The molecule has 3 aromatic rings. The number of carbonyl (C=O) groups is 2. The van der Waals surface area contributed by atoms with E-state index in [1.165, 1.54) is 10.6 Å². The Labute approximate surface area is 236 Å². The number of sulfonamides is 1. The Morgan fingerprint density at radius 2 is 1.68 bits per heavy atom. The van der Waals surface area contributed by atoms with Gasteiger partial charge in [0.05, 0.1) is 23.3 Å². The molecule has 0 aliphatic carbocycles. The maximum absolute atomic E-state index is 13.3. The number of rotatable bonds is 11. The van der Waals surface area contributed by atoms with Gasteiger partial charge >= 0.3 is 0 Å². The molecule has 0 spiro atoms. The molecule has 1 unspecified atom stereocenters. The zero-order valence-electron chi connectivity index (χ0n) is 23.2. The Bertz CT molecular complexity index is 1500. The van der Waals surface area contributed by atoms with E-state index in [4.69, 9.17) is 4.99 Å². The Kier molecular flexibility index (Phi) is 9.01. The van der Waals surface area contributed by atoms with Gasteiger partial charge in [0.15, 0.2) is 0 Å². The van der Waals surface area contributed by atoms with Crippen molar-refractivity contribution in [1.82, 2.24) is 10.2 Å². The van der Waals surface area contributed by atoms with Crippen LogP contribution in [-0.2, 0) is 14.8 Å². The summed E-state index contributed by atoms with van der Waals surface area (Å²) in [6.45, 7) is 3.49. The van der Waals surface area contributed by atoms with Crippen LogP contribution in [0.25, 0.3) is 0 Å². The third-order valence-corrected chi connectivity index (χ3v) is 7.78. The van der Waals surface area contributed by atoms with Gasteiger partial charge in [-0.1, -0.05) is 36.4 Å². The van der Waals surface area contributed by atoms with Crippen molar-refractivity contribution in [1.29, 1.82) is 0 Å². The van der Waals surface area contributed by atoms with Crippen LogP contribution in [0.15, 0.2) is 77.8 Å². The van der Waals surface area contributed by atoms with Crippen LogP contribution in [0.1, 0.15) is 40.7 Å². The van der Waals surface area contributed by atoms with Crippen molar-refractivity contribution in [3.63, 3.8) is 0 Å². The number of anilines is 2. The lowest BCUT2D eigenvalue weighted by Gasteiger charge is -2.23. The number of nitrogens with one attached hydrogen (secondary N) is 2. The molecule has 0 saturated carbocycles. The van der Waals surface area contributed by atoms with E-state index in [0.29, 0.717) is 47.8 Å². The van der Waals surface area contributed by atoms with E-state index in [1.54, 1.807) is 42.5 Å². The quantitative estimate of drug-likeness (QED) is 0.344. The Morgan fingerprint density at radius 3 is 2.30 bits per heavy atom. The molecular weight excluding hydrogens is 526 g/mol. The lowest BCUT2D eigenvalue weighted by atomic mass is 9.90. The minimum Gasteiger partial charge on any atom is -0.352 e. The number of nitrogens with zero attached hydrogens (tertiary/aromatic N) is 3. The first-order valence-electron chi connectivity index (χ1n) is 13.2. The van der Waals surface area contributed by atoms with E-state index in [2.05, 4.69) is 10.6 Å². The first kappa shape index (κ1) is 29.0. The highest BCUT2D eigenvalue weighted by Crippen LogP contribution is 2.37. The van der Waals surface area contributed by atoms with Crippen LogP contribution in [0.4, 0.5) is 17.1 Å². The summed E-state index contributed by atoms with van der Waals surface area (Å²) in [6, 6.07) is 21.7. The Balaban J connectivity index is 1.70. The number of benzene rings is 3. The lowest BCUT2D eigenvalue weighted by Crippen LogP contribution is -2.32. The van der Waals surface area contributed by atoms with Crippen molar-refractivity contribution >= 4 is 44.6 Å². The van der Waals surface area contributed by atoms with Gasteiger partial charge < -0.3 is 15.5 Å². The molecule has 2 amide bonds. The number of hydrogen-bond donors (Lipinski definition) is 2. The Morgan fingerprint density at radius 1 is 0.975 bits per heavy atom. The van der Waals surface area contributed by atoms with E-state index >= 15 is 0 Å². The van der Waals surface area contributed by atoms with E-state index in [-0.39, 0.29) is 11.8 Å². The van der Waals surface area contributed by atoms with Gasteiger partial charge in [-0.2, -0.15) is 0 Å². The molecule has 10 heteroatoms. The third-order valence-electron chi connectivity index (χ3n) is 6.58. The first-order chi connectivity index (χ1) is 19.1. The van der Waals surface area contributed by atoms with Gasteiger partial charge in [0.2, 0.25) is 15.9 Å². The molecule has 9 nitrogen and oxygen atoms in total. The second kappa shape index (κ2) is 12.4. The van der Waals surface area contributed by atoms with Crippen LogP contribution in [0.3, 0.4) is 0 Å². The fourth-order valence-electron chi connectivity index (χ4n) is 4.69. The standard InChI is InChI=1S/C30H35N5O4S/c1-5-31-29(36)22-12-17-25-26(20-22)33-30(37)27(25)28(21-10-7-6-8-11-21)32-23-13-15-24(16-14-23)35(40(4,38)39)19-9-18-34(2)3/h6-8,10-17,20,27H,5,9,18-19H2,1-4H3,(H,31,36)(H,33,37). The molecule has 1 heterocycles. The maximum atomic E-state index is 13.3. The molecule has 1 atom stereocenters. The fourth-order valence-corrected chi connectivity index (χ4v) is 5.66. The smallest absolute Gasteiger partial charge is 0.251 e. The predicted octanol–water partition coefficient (Wildman–Crippen LogP) is 4.01. The maximum Gasteiger partial charge on any atom is 0.251 e. The largest absolute Gasteiger partial charge is 0.352 e. The normalized spacial score (nSPS) is 15.1. The average Bonchev–Trinajstić information content (AvgIpc) is 3.24. The number of hydrogen-bond acceptors (Lipinski definition) is 6. The van der Waals surface area contributed by atoms with Crippen molar-refractivity contribution in [2.45, 2.75) is 19.3 Å². The molecule has 0 aromatic heterocycles. The molecule has 4 rings (SSSR count). The highest BCUT2D eigenvalue weighted by atomic mass is 32.2. The molecule has 1 aliphatic rings. The molecule has 0 saturated heterocycles. The molecule has 0 bridgehead atoms. The van der Waals surface area contributed by atoms with Gasteiger partial charge in [-0.05, 0) is 81.5 Å². The highest BCUT2D eigenvalue weighted by Gasteiger charge is 2.36. The molecule has 3 aromatic carbocycles. The highest BCUT2D eigenvalue weighted by molar-refractivity contribution is 7.92. The van der Waals surface area contributed by atoms with Crippen LogP contribution in [0, 0.1) is 0 Å². The van der Waals surface area contributed by atoms with Gasteiger partial charge in [-0.25, -0.2) is 8.42 Å². The fraction of sp³-hybridized carbons (Fsp3) is 0.300. The van der Waals surface area contributed by atoms with Crippen molar-refractivity contribution < 1.29 is 18.0 Å². The van der Waals surface area contributed by atoms with Crippen LogP contribution in [0.5, 0.6) is 0 Å². The number of carbonyl (C=O) groups excluding carboxylic acids is 2. The summed E-state index contributed by atoms with van der Waals surface area (Å²) in [5, 5.41) is 5.69. The van der Waals surface area contributed by atoms with E-state index in [9.17, 15) is 18.0 Å². The summed E-state index contributed by atoms with van der Waals surface area (Å²) in [6.07, 6.45) is 1.89. The van der Waals surface area contributed by atoms with Gasteiger partial charge in [0.25, 0.3) is 5.91 Å². The van der Waals surface area contributed by atoms with Crippen molar-refractivity contribution in [3.05, 3.63) is 89.5 Å². The summed E-state index contributed by atoms with van der Waals surface area (Å²) < 4.78 is 26.4. The summed E-state index contributed by atoms with van der Waals surface area (Å²) in [4.78, 5) is 32.5. The molecule has 0 fully saturated rings. The summed E-state index contributed by atoms with van der Waals surface area (Å²) >= 11 is 0. The molecular formula is C30H35N5O4S. The van der Waals surface area contributed by atoms with Crippen LogP contribution >= 0.6 is 0 Å². The Hall–Kier alpha value is -4.02. The second-order valence-corrected chi connectivity index (χ2v) is 11.9. The number of amides is 2. The predicted molar refractivity (Wildman–Crippen MR) is 160 cm³/mol. The zero-order valence-corrected chi connectivity index (χ0v) is 24.0. The van der Waals surface area contributed by atoms with Crippen LogP contribution in [0.2, 0.25) is 0 Å². The van der Waals surface area contributed by atoms with Crippen LogP contribution < -0.4 is 14.9 Å². The SMILES string of the molecule is CCNC(=O)c1ccc2c(c1)NC(=O)C2C(=Nc1ccc(N(CCCN(C)C)S(C)(=O)=O)cc1)c1ccccc1. The van der Waals surface area contributed by atoms with Crippen molar-refractivity contribution in [2.24, 2.45) is 4.99 Å². The molecule has 2 N–H and O–H groups in total. The topological polar surface area (TPSA) is 111 Å². The average molecular weight is 562 g/mol. The van der Waals surface area contributed by atoms with E-state index < -0.39 is 15.9 Å². The van der Waals surface area contributed by atoms with Gasteiger partial charge in [-0.3, -0.25) is 18.9 Å². The minimum absolute atomic E-state index is 0.204. The van der Waals surface area contributed by atoms with Crippen molar-refractivity contribution in [3.8, 4) is 0 Å². The first-order valence-corrected chi connectivity index (χ1v) is 15.0. The number of fused-ring (bicyclic) bond motifs is 1. The summed E-state index contributed by atoms with van der Waals surface area (Å²) in [7, 11) is 0.438. The lowest BCUT2D eigenvalue weighted by molar-refractivity contribution is -0.115. The zero-order chi connectivity index (χ0) is 28.9. The monoisotopic (exact) mass is 561 g/mol. The second-order valence-electron chi connectivity index (χ2n) is 9.96. The summed E-state index contributed by atoms with van der Waals surface area (Å²) in [5.41, 5.74) is 4.28. The molecule has 1 aliphatic heterocycles. The summed E-state index contributed by atoms with van der Waals surface area (Å²) in [5.74, 6) is -1.12. The molecule has 0 radical (unpaired) electrons. The van der Waals surface area contributed by atoms with E-state index in [1.807, 2.05) is 56.3 Å². The van der Waals surface area contributed by atoms with Gasteiger partial charge in [-0.15, -0.1) is 0 Å². The van der Waals surface area contributed by atoms with Crippen molar-refractivity contribution in [2.75, 3.05) is 49.6 Å². The minimum atomic E-state index is -3.46. The van der Waals surface area contributed by atoms with Gasteiger partial charge in [0.1, 0.15) is 5.92 Å². The van der Waals surface area contributed by atoms with Crippen LogP contribution in [-0.4, -0.2) is 70.8 Å². The third kappa shape index (κ3) is 6.75. The molecule has 40 heavy (non-hydrogen) atoms. The number of aliphatic imine (C=N–C) groups is 1. The molecule has 210 valence electrons.